The zero-order valence-electron chi connectivity index (χ0n) is 18.6. The molecule has 0 atom stereocenters. The Morgan fingerprint density at radius 3 is 2.16 bits per heavy atom. The summed E-state index contributed by atoms with van der Waals surface area (Å²) in [6.45, 7) is 0.473. The number of rotatable bonds is 11. The second-order valence-corrected chi connectivity index (χ2v) is 9.20. The van der Waals surface area contributed by atoms with Crippen molar-refractivity contribution in [2.75, 3.05) is 42.0 Å². The first kappa shape index (κ1) is 24.5. The van der Waals surface area contributed by atoms with Crippen LogP contribution in [0.3, 0.4) is 0 Å². The van der Waals surface area contributed by atoms with Gasteiger partial charge in [-0.25, -0.2) is 12.7 Å². The fourth-order valence-electron chi connectivity index (χ4n) is 3.04. The molecule has 0 saturated carbocycles. The smallest absolute Gasteiger partial charge is 0.242 e. The minimum absolute atomic E-state index is 0.122. The van der Waals surface area contributed by atoms with Crippen molar-refractivity contribution in [2.45, 2.75) is 24.2 Å². The van der Waals surface area contributed by atoms with Crippen LogP contribution in [0.5, 0.6) is 17.2 Å². The molecule has 8 nitrogen and oxygen atoms in total. The minimum Gasteiger partial charge on any atom is -0.496 e. The Morgan fingerprint density at radius 2 is 1.55 bits per heavy atom. The van der Waals surface area contributed by atoms with Crippen LogP contribution in [0.15, 0.2) is 41.3 Å². The van der Waals surface area contributed by atoms with E-state index in [4.69, 9.17) is 14.2 Å². The maximum atomic E-state index is 12.4. The van der Waals surface area contributed by atoms with E-state index in [1.54, 1.807) is 26.4 Å². The third-order valence-corrected chi connectivity index (χ3v) is 6.65. The Bertz CT molecular complexity index is 1010. The Morgan fingerprint density at radius 1 is 0.903 bits per heavy atom. The van der Waals surface area contributed by atoms with E-state index in [0.717, 1.165) is 9.87 Å². The van der Waals surface area contributed by atoms with Gasteiger partial charge in [-0.1, -0.05) is 6.07 Å². The molecule has 2 aromatic carbocycles. The molecule has 0 saturated heterocycles. The van der Waals surface area contributed by atoms with Gasteiger partial charge in [-0.2, -0.15) is 0 Å². The zero-order chi connectivity index (χ0) is 23.0. The predicted molar refractivity (Wildman–Crippen MR) is 118 cm³/mol. The van der Waals surface area contributed by atoms with E-state index in [9.17, 15) is 13.2 Å². The lowest BCUT2D eigenvalue weighted by molar-refractivity contribution is -0.121. The summed E-state index contributed by atoms with van der Waals surface area (Å²) >= 11 is 0. The number of benzene rings is 2. The summed E-state index contributed by atoms with van der Waals surface area (Å²) < 4.78 is 41.7. The van der Waals surface area contributed by atoms with E-state index in [0.29, 0.717) is 42.2 Å². The van der Waals surface area contributed by atoms with Crippen molar-refractivity contribution in [2.24, 2.45) is 0 Å². The first-order valence-corrected chi connectivity index (χ1v) is 11.2. The number of sulfonamides is 1. The van der Waals surface area contributed by atoms with Gasteiger partial charge < -0.3 is 19.5 Å². The van der Waals surface area contributed by atoms with E-state index in [-0.39, 0.29) is 17.2 Å². The highest BCUT2D eigenvalue weighted by Gasteiger charge is 2.19. The molecule has 2 aromatic rings. The maximum Gasteiger partial charge on any atom is 0.242 e. The van der Waals surface area contributed by atoms with Crippen molar-refractivity contribution in [3.8, 4) is 17.2 Å². The van der Waals surface area contributed by atoms with Crippen LogP contribution < -0.4 is 19.5 Å². The lowest BCUT2D eigenvalue weighted by atomic mass is 10.1. The monoisotopic (exact) mass is 450 g/mol. The molecule has 2 rings (SSSR count). The summed E-state index contributed by atoms with van der Waals surface area (Å²) in [6.07, 6.45) is 1.22. The van der Waals surface area contributed by atoms with Crippen molar-refractivity contribution in [1.82, 2.24) is 9.62 Å². The summed E-state index contributed by atoms with van der Waals surface area (Å²) in [4.78, 5) is 12.5. The lowest BCUT2D eigenvalue weighted by Gasteiger charge is -2.14. The second-order valence-electron chi connectivity index (χ2n) is 7.05. The van der Waals surface area contributed by atoms with Gasteiger partial charge in [-0.3, -0.25) is 4.79 Å². The summed E-state index contributed by atoms with van der Waals surface area (Å²) in [7, 11) is 4.07. The maximum absolute atomic E-state index is 12.4. The fourth-order valence-corrected chi connectivity index (χ4v) is 3.99. The molecule has 1 N–H and O–H groups in total. The van der Waals surface area contributed by atoms with Crippen molar-refractivity contribution in [1.29, 1.82) is 0 Å². The molecule has 0 bridgehead atoms. The van der Waals surface area contributed by atoms with Crippen LogP contribution in [-0.4, -0.2) is 60.6 Å². The number of ether oxygens (including phenoxy) is 3. The number of nitrogens with zero attached hydrogens (tertiary/aromatic N) is 1. The van der Waals surface area contributed by atoms with Crippen molar-refractivity contribution in [3.63, 3.8) is 0 Å². The number of aryl methyl sites for hydroxylation is 1. The van der Waals surface area contributed by atoms with Crippen LogP contribution in [-0.2, 0) is 27.7 Å². The molecule has 0 unspecified atom stereocenters. The first-order chi connectivity index (χ1) is 14.7. The SMILES string of the molecule is COc1ccc(S(=O)(=O)N(C)C)cc1CCC(=O)NCCc1ccc(OC)c(OC)c1. The average molecular weight is 451 g/mol. The van der Waals surface area contributed by atoms with E-state index in [2.05, 4.69) is 5.32 Å². The molecular formula is C22H30N2O6S. The third kappa shape index (κ3) is 6.35. The van der Waals surface area contributed by atoms with Crippen LogP contribution in [0.4, 0.5) is 0 Å². The van der Waals surface area contributed by atoms with Gasteiger partial charge in [0, 0.05) is 27.1 Å². The first-order valence-electron chi connectivity index (χ1n) is 9.80. The molecule has 0 radical (unpaired) electrons. The lowest BCUT2D eigenvalue weighted by Crippen LogP contribution is -2.26. The molecule has 9 heteroatoms. The summed E-state index contributed by atoms with van der Waals surface area (Å²) in [6, 6.07) is 10.3. The van der Waals surface area contributed by atoms with Crippen LogP contribution in [0.2, 0.25) is 0 Å². The van der Waals surface area contributed by atoms with Crippen LogP contribution in [0.1, 0.15) is 17.5 Å². The summed E-state index contributed by atoms with van der Waals surface area (Å²) in [5, 5.41) is 2.89. The predicted octanol–water partition coefficient (Wildman–Crippen LogP) is 2.25. The van der Waals surface area contributed by atoms with Crippen molar-refractivity contribution >= 4 is 15.9 Å². The number of carbonyl (C=O) groups is 1. The number of hydrogen-bond acceptors (Lipinski definition) is 6. The molecule has 1 amide bonds. The molecule has 0 aliphatic carbocycles. The van der Waals surface area contributed by atoms with Gasteiger partial charge in [0.15, 0.2) is 11.5 Å². The van der Waals surface area contributed by atoms with Crippen LogP contribution >= 0.6 is 0 Å². The number of methoxy groups -OCH3 is 3. The molecular weight excluding hydrogens is 420 g/mol. The van der Waals surface area contributed by atoms with Gasteiger partial charge >= 0.3 is 0 Å². The number of carbonyl (C=O) groups excluding carboxylic acids is 1. The van der Waals surface area contributed by atoms with Crippen molar-refractivity contribution in [3.05, 3.63) is 47.5 Å². The average Bonchev–Trinajstić information content (AvgIpc) is 2.77. The van der Waals surface area contributed by atoms with E-state index >= 15 is 0 Å². The fraction of sp³-hybridized carbons (Fsp3) is 0.409. The minimum atomic E-state index is -3.56. The molecule has 31 heavy (non-hydrogen) atoms. The number of amides is 1. The van der Waals surface area contributed by atoms with Gasteiger partial charge in [-0.15, -0.1) is 0 Å². The Labute approximate surface area is 184 Å². The quantitative estimate of drug-likeness (QED) is 0.564. The molecule has 0 heterocycles. The van der Waals surface area contributed by atoms with Gasteiger partial charge in [0.25, 0.3) is 0 Å². The topological polar surface area (TPSA) is 94.2 Å². The zero-order valence-corrected chi connectivity index (χ0v) is 19.4. The molecule has 0 aliphatic heterocycles. The highest BCUT2D eigenvalue weighted by atomic mass is 32.2. The Kier molecular flexibility index (Phi) is 8.70. The van der Waals surface area contributed by atoms with E-state index in [1.807, 2.05) is 18.2 Å². The third-order valence-electron chi connectivity index (χ3n) is 4.84. The summed E-state index contributed by atoms with van der Waals surface area (Å²) in [5.74, 6) is 1.73. The van der Waals surface area contributed by atoms with Gasteiger partial charge in [0.1, 0.15) is 5.75 Å². The van der Waals surface area contributed by atoms with Crippen LogP contribution in [0.25, 0.3) is 0 Å². The molecule has 0 fully saturated rings. The molecule has 170 valence electrons. The van der Waals surface area contributed by atoms with E-state index in [1.165, 1.54) is 27.3 Å². The molecule has 0 spiro atoms. The Hall–Kier alpha value is -2.78. The highest BCUT2D eigenvalue weighted by Crippen LogP contribution is 2.28. The number of hydrogen-bond donors (Lipinski definition) is 1. The largest absolute Gasteiger partial charge is 0.496 e. The Balaban J connectivity index is 1.95. The normalized spacial score (nSPS) is 11.3. The van der Waals surface area contributed by atoms with Crippen molar-refractivity contribution < 1.29 is 27.4 Å². The number of nitrogens with one attached hydrogen (secondary N) is 1. The standard InChI is InChI=1S/C22H30N2O6S/c1-24(2)31(26,27)18-8-10-19(28-3)17(15-18)7-11-22(25)23-13-12-16-6-9-20(29-4)21(14-16)30-5/h6,8-10,14-15H,7,11-13H2,1-5H3,(H,23,25). The molecule has 0 aliphatic rings. The second kappa shape index (κ2) is 11.0. The van der Waals surface area contributed by atoms with Gasteiger partial charge in [0.05, 0.1) is 26.2 Å². The van der Waals surface area contributed by atoms with Gasteiger partial charge in [-0.05, 0) is 54.3 Å². The highest BCUT2D eigenvalue weighted by molar-refractivity contribution is 7.89. The van der Waals surface area contributed by atoms with E-state index < -0.39 is 10.0 Å². The van der Waals surface area contributed by atoms with Crippen LogP contribution in [0, 0.1) is 0 Å². The molecule has 0 aromatic heterocycles. The summed E-state index contributed by atoms with van der Waals surface area (Å²) in [5.41, 5.74) is 1.68. The van der Waals surface area contributed by atoms with Gasteiger partial charge in [0.2, 0.25) is 15.9 Å².